The molecule has 0 saturated heterocycles. The van der Waals surface area contributed by atoms with Crippen molar-refractivity contribution in [2.45, 2.75) is 0 Å². The van der Waals surface area contributed by atoms with E-state index in [1.807, 2.05) is 0 Å². The van der Waals surface area contributed by atoms with Crippen molar-refractivity contribution in [2.75, 3.05) is 11.6 Å². The minimum atomic E-state index is -0.587. The van der Waals surface area contributed by atoms with E-state index in [0.29, 0.717) is 5.69 Å². The summed E-state index contributed by atoms with van der Waals surface area (Å²) in [7, 11) is 0. The molecule has 2 aromatic carbocycles. The molecule has 2 rings (SSSR count). The van der Waals surface area contributed by atoms with E-state index in [1.165, 1.54) is 23.9 Å². The number of carbonyl (C=O) groups is 1. The van der Waals surface area contributed by atoms with Crippen LogP contribution in [0.1, 0.15) is 10.4 Å². The van der Waals surface area contributed by atoms with E-state index < -0.39 is 10.8 Å². The number of anilines is 1. The van der Waals surface area contributed by atoms with Crippen LogP contribution in [0.4, 0.5) is 17.1 Å². The number of rotatable bonds is 4. The van der Waals surface area contributed by atoms with E-state index in [9.17, 15) is 14.9 Å². The van der Waals surface area contributed by atoms with Gasteiger partial charge in [-0.25, -0.2) is 4.99 Å². The molecule has 9 heteroatoms. The van der Waals surface area contributed by atoms with Gasteiger partial charge in [-0.2, -0.15) is 5.26 Å². The molecule has 0 radical (unpaired) electrons. The van der Waals surface area contributed by atoms with Crippen LogP contribution >= 0.6 is 11.8 Å². The Morgan fingerprint density at radius 3 is 2.60 bits per heavy atom. The Labute approximate surface area is 147 Å². The van der Waals surface area contributed by atoms with Crippen LogP contribution in [0.15, 0.2) is 53.5 Å². The summed E-state index contributed by atoms with van der Waals surface area (Å²) in [6.07, 6.45) is 3.45. The van der Waals surface area contributed by atoms with Crippen molar-refractivity contribution in [3.05, 3.63) is 64.2 Å². The van der Waals surface area contributed by atoms with Crippen LogP contribution in [0.5, 0.6) is 0 Å². The van der Waals surface area contributed by atoms with Crippen molar-refractivity contribution < 1.29 is 9.72 Å². The third-order valence-electron chi connectivity index (χ3n) is 3.05. The van der Waals surface area contributed by atoms with Crippen LogP contribution in [0.2, 0.25) is 0 Å². The van der Waals surface area contributed by atoms with E-state index in [2.05, 4.69) is 15.6 Å². The summed E-state index contributed by atoms with van der Waals surface area (Å²) in [6, 6.07) is 12.5. The van der Waals surface area contributed by atoms with Crippen LogP contribution in [-0.4, -0.2) is 22.3 Å². The van der Waals surface area contributed by atoms with E-state index in [1.54, 1.807) is 42.8 Å². The average Bonchev–Trinajstić information content (AvgIpc) is 2.62. The normalized spacial score (nSPS) is 10.6. The molecule has 0 spiro atoms. The first-order valence-electron chi connectivity index (χ1n) is 6.97. The van der Waals surface area contributed by atoms with Crippen LogP contribution in [0.25, 0.3) is 0 Å². The highest BCUT2D eigenvalue weighted by atomic mass is 32.2. The summed E-state index contributed by atoms with van der Waals surface area (Å²) in [4.78, 5) is 27.2. The first-order valence-corrected chi connectivity index (χ1v) is 8.20. The topological polar surface area (TPSA) is 120 Å². The van der Waals surface area contributed by atoms with Crippen molar-refractivity contribution in [1.29, 1.82) is 5.26 Å². The van der Waals surface area contributed by atoms with Crippen molar-refractivity contribution >= 4 is 39.9 Å². The Balaban J connectivity index is 2.45. The monoisotopic (exact) mass is 355 g/mol. The minimum Gasteiger partial charge on any atom is -0.322 e. The molecular weight excluding hydrogens is 342 g/mol. The number of hydrogen-bond donors (Lipinski definition) is 2. The predicted octanol–water partition coefficient (Wildman–Crippen LogP) is 3.27. The van der Waals surface area contributed by atoms with Gasteiger partial charge in [0, 0.05) is 17.8 Å². The summed E-state index contributed by atoms with van der Waals surface area (Å²) in [5.41, 5.74) is 0.570. The predicted molar refractivity (Wildman–Crippen MR) is 96.9 cm³/mol. The van der Waals surface area contributed by atoms with Gasteiger partial charge in [0.1, 0.15) is 0 Å². The fourth-order valence-electron chi connectivity index (χ4n) is 1.92. The van der Waals surface area contributed by atoms with Gasteiger partial charge in [0.05, 0.1) is 16.2 Å². The number of benzene rings is 2. The lowest BCUT2D eigenvalue weighted by atomic mass is 10.1. The molecule has 8 nitrogen and oxygen atoms in total. The number of thioether (sulfide) groups is 1. The van der Waals surface area contributed by atoms with Crippen molar-refractivity contribution in [1.82, 2.24) is 5.32 Å². The Bertz CT molecular complexity index is 862. The Morgan fingerprint density at radius 1 is 1.28 bits per heavy atom. The molecule has 0 heterocycles. The number of non-ortho nitro benzene ring substituents is 1. The first kappa shape index (κ1) is 18.0. The van der Waals surface area contributed by atoms with Gasteiger partial charge in [0.15, 0.2) is 11.4 Å². The number of nitrogens with zero attached hydrogens (tertiary/aromatic N) is 3. The van der Waals surface area contributed by atoms with E-state index >= 15 is 0 Å². The third-order valence-corrected chi connectivity index (χ3v) is 3.63. The molecule has 126 valence electrons. The maximum absolute atomic E-state index is 12.5. The quantitative estimate of drug-likeness (QED) is 0.217. The van der Waals surface area contributed by atoms with E-state index in [4.69, 9.17) is 5.26 Å². The van der Waals surface area contributed by atoms with Gasteiger partial charge in [0.25, 0.3) is 11.6 Å². The highest BCUT2D eigenvalue weighted by Crippen LogP contribution is 2.26. The van der Waals surface area contributed by atoms with Gasteiger partial charge in [-0.05, 0) is 24.5 Å². The molecule has 0 unspecified atom stereocenters. The third kappa shape index (κ3) is 4.79. The number of nitro benzene ring substituents is 1. The molecule has 1 amide bonds. The van der Waals surface area contributed by atoms with Gasteiger partial charge in [0.2, 0.25) is 0 Å². The molecule has 0 saturated carbocycles. The Morgan fingerprint density at radius 2 is 2.00 bits per heavy atom. The average molecular weight is 355 g/mol. The molecule has 0 aromatic heterocycles. The number of carbonyl (C=O) groups excluding carboxylic acids is 1. The fourth-order valence-corrected chi connectivity index (χ4v) is 2.26. The zero-order valence-corrected chi connectivity index (χ0v) is 13.9. The standard InChI is InChI=1S/C16H13N5O3S/c1-25-16(18-10-17)20-14-8-7-12(21(23)24)9-13(14)15(22)19-11-5-3-2-4-6-11/h2-9H,1H3,(H,18,20)(H,19,22). The summed E-state index contributed by atoms with van der Waals surface area (Å²) < 4.78 is 0. The molecule has 25 heavy (non-hydrogen) atoms. The summed E-state index contributed by atoms with van der Waals surface area (Å²) in [5.74, 6) is -0.536. The number of amidine groups is 1. The molecule has 0 aliphatic rings. The van der Waals surface area contributed by atoms with E-state index in [-0.39, 0.29) is 22.1 Å². The molecular formula is C16H13N5O3S. The molecule has 0 fully saturated rings. The second-order valence-electron chi connectivity index (χ2n) is 4.64. The molecule has 2 aromatic rings. The smallest absolute Gasteiger partial charge is 0.270 e. The fraction of sp³-hybridized carbons (Fsp3) is 0.0625. The number of para-hydroxylation sites is 1. The summed E-state index contributed by atoms with van der Waals surface area (Å²) in [5, 5.41) is 25.0. The number of nitrogens with one attached hydrogen (secondary N) is 2. The van der Waals surface area contributed by atoms with Gasteiger partial charge >= 0.3 is 0 Å². The summed E-state index contributed by atoms with van der Waals surface area (Å²) in [6.45, 7) is 0. The second kappa shape index (κ2) is 8.47. The lowest BCUT2D eigenvalue weighted by molar-refractivity contribution is -0.384. The molecule has 0 aliphatic heterocycles. The number of aliphatic imine (C=N–C) groups is 1. The SMILES string of the molecule is CSC(=Nc1ccc([N+](=O)[O-])cc1C(=O)Nc1ccccc1)NC#N. The summed E-state index contributed by atoms with van der Waals surface area (Å²) >= 11 is 1.18. The van der Waals surface area contributed by atoms with Crippen molar-refractivity contribution in [3.63, 3.8) is 0 Å². The van der Waals surface area contributed by atoms with Crippen molar-refractivity contribution in [2.24, 2.45) is 4.99 Å². The number of nitriles is 1. The lowest BCUT2D eigenvalue weighted by Crippen LogP contribution is -2.15. The van der Waals surface area contributed by atoms with Gasteiger partial charge < -0.3 is 5.32 Å². The number of amides is 1. The lowest BCUT2D eigenvalue weighted by Gasteiger charge is -2.08. The van der Waals surface area contributed by atoms with Crippen LogP contribution < -0.4 is 10.6 Å². The Kier molecular flexibility index (Phi) is 6.08. The largest absolute Gasteiger partial charge is 0.322 e. The van der Waals surface area contributed by atoms with Gasteiger partial charge in [-0.15, -0.1) is 0 Å². The zero-order chi connectivity index (χ0) is 18.2. The van der Waals surface area contributed by atoms with Gasteiger partial charge in [-0.1, -0.05) is 30.0 Å². The molecule has 2 N–H and O–H groups in total. The van der Waals surface area contributed by atoms with Gasteiger partial charge in [-0.3, -0.25) is 20.2 Å². The highest BCUT2D eigenvalue weighted by molar-refractivity contribution is 8.13. The maximum Gasteiger partial charge on any atom is 0.270 e. The van der Waals surface area contributed by atoms with Crippen LogP contribution in [0, 0.1) is 21.6 Å². The minimum absolute atomic E-state index is 0.0318. The number of nitro groups is 1. The Hall–Kier alpha value is -3.38. The highest BCUT2D eigenvalue weighted by Gasteiger charge is 2.17. The van der Waals surface area contributed by atoms with E-state index in [0.717, 1.165) is 6.07 Å². The molecule has 0 bridgehead atoms. The van der Waals surface area contributed by atoms with Crippen LogP contribution in [-0.2, 0) is 0 Å². The molecule has 0 atom stereocenters. The molecule has 0 aliphatic carbocycles. The van der Waals surface area contributed by atoms with Crippen molar-refractivity contribution in [3.8, 4) is 6.19 Å². The first-order chi connectivity index (χ1) is 12.0. The number of hydrogen-bond acceptors (Lipinski definition) is 6. The zero-order valence-electron chi connectivity index (χ0n) is 13.1. The second-order valence-corrected chi connectivity index (χ2v) is 5.43. The van der Waals surface area contributed by atoms with Crippen LogP contribution in [0.3, 0.4) is 0 Å². The maximum atomic E-state index is 12.5.